The highest BCUT2D eigenvalue weighted by molar-refractivity contribution is 5.94. The van der Waals surface area contributed by atoms with E-state index >= 15 is 0 Å². The van der Waals surface area contributed by atoms with Gasteiger partial charge in [-0.05, 0) is 62.5 Å². The topological polar surface area (TPSA) is 62.2 Å². The van der Waals surface area contributed by atoms with Crippen LogP contribution in [0.25, 0.3) is 0 Å². The molecule has 4 rings (SSSR count). The maximum absolute atomic E-state index is 13.1. The second kappa shape index (κ2) is 7.55. The van der Waals surface area contributed by atoms with Gasteiger partial charge in [0.1, 0.15) is 11.4 Å². The Hall–Kier alpha value is -1.63. The number of rotatable bonds is 3. The summed E-state index contributed by atoms with van der Waals surface area (Å²) in [5.74, 6) is 0.848. The molecule has 1 atom stereocenters. The van der Waals surface area contributed by atoms with Crippen molar-refractivity contribution in [2.24, 2.45) is 0 Å². The zero-order chi connectivity index (χ0) is 18.0. The van der Waals surface area contributed by atoms with Gasteiger partial charge in [-0.1, -0.05) is 0 Å². The quantitative estimate of drug-likeness (QED) is 0.881. The van der Waals surface area contributed by atoms with E-state index in [0.717, 1.165) is 43.9 Å². The van der Waals surface area contributed by atoms with Crippen molar-refractivity contribution in [2.45, 2.75) is 31.3 Å². The first-order valence-corrected chi connectivity index (χ1v) is 9.70. The van der Waals surface area contributed by atoms with Crippen molar-refractivity contribution in [1.82, 2.24) is 9.80 Å². The molecule has 0 aliphatic carbocycles. The number of likely N-dealkylation sites (tertiary alicyclic amines) is 1. The van der Waals surface area contributed by atoms with Crippen LogP contribution in [0.5, 0.6) is 5.75 Å². The number of ether oxygens (including phenoxy) is 2. The molecular weight excluding hydrogens is 332 g/mol. The molecule has 142 valence electrons. The average Bonchev–Trinajstić information content (AvgIpc) is 3.08. The standard InChI is InChI=1S/C20H28N2O4/c23-19(17-5-6-18-16(12-17)4-3-10-26-18)22-9-11-25-15-20(24,14-22)13-21-7-1-2-8-21/h5-6,12,24H,1-4,7-11,13-15H2/t20-/m1/s1. The number of hydrogen-bond acceptors (Lipinski definition) is 5. The van der Waals surface area contributed by atoms with Crippen LogP contribution in [-0.4, -0.2) is 79.0 Å². The van der Waals surface area contributed by atoms with Crippen molar-refractivity contribution in [3.05, 3.63) is 29.3 Å². The Labute approximate surface area is 154 Å². The molecule has 26 heavy (non-hydrogen) atoms. The van der Waals surface area contributed by atoms with Crippen molar-refractivity contribution in [2.75, 3.05) is 52.5 Å². The lowest BCUT2D eigenvalue weighted by molar-refractivity contribution is -0.0524. The zero-order valence-corrected chi connectivity index (χ0v) is 15.3. The van der Waals surface area contributed by atoms with Crippen molar-refractivity contribution < 1.29 is 19.4 Å². The second-order valence-corrected chi connectivity index (χ2v) is 7.76. The van der Waals surface area contributed by atoms with Crippen LogP contribution in [0.15, 0.2) is 18.2 Å². The first-order chi connectivity index (χ1) is 12.6. The molecule has 1 aromatic carbocycles. The Kier molecular flexibility index (Phi) is 5.16. The van der Waals surface area contributed by atoms with Crippen molar-refractivity contribution in [3.63, 3.8) is 0 Å². The Morgan fingerprint density at radius 3 is 2.85 bits per heavy atom. The van der Waals surface area contributed by atoms with Gasteiger partial charge >= 0.3 is 0 Å². The van der Waals surface area contributed by atoms with Gasteiger partial charge in [-0.15, -0.1) is 0 Å². The van der Waals surface area contributed by atoms with Crippen molar-refractivity contribution in [3.8, 4) is 5.75 Å². The van der Waals surface area contributed by atoms with Gasteiger partial charge in [-0.25, -0.2) is 0 Å². The van der Waals surface area contributed by atoms with Crippen molar-refractivity contribution >= 4 is 5.91 Å². The summed E-state index contributed by atoms with van der Waals surface area (Å²) in [6.07, 6.45) is 4.28. The predicted molar refractivity (Wildman–Crippen MR) is 97.6 cm³/mol. The van der Waals surface area contributed by atoms with Gasteiger partial charge < -0.3 is 24.4 Å². The number of fused-ring (bicyclic) bond motifs is 1. The molecule has 1 aromatic rings. The highest BCUT2D eigenvalue weighted by Crippen LogP contribution is 2.27. The minimum Gasteiger partial charge on any atom is -0.493 e. The van der Waals surface area contributed by atoms with Gasteiger partial charge in [0.15, 0.2) is 0 Å². The van der Waals surface area contributed by atoms with Crippen LogP contribution in [0.2, 0.25) is 0 Å². The van der Waals surface area contributed by atoms with Crippen molar-refractivity contribution in [1.29, 1.82) is 0 Å². The molecule has 0 spiro atoms. The Morgan fingerprint density at radius 2 is 2.00 bits per heavy atom. The van der Waals surface area contributed by atoms with Crippen LogP contribution in [0.3, 0.4) is 0 Å². The van der Waals surface area contributed by atoms with Crippen LogP contribution in [0, 0.1) is 0 Å². The molecule has 2 fully saturated rings. The first kappa shape index (κ1) is 17.8. The molecular formula is C20H28N2O4. The molecule has 0 unspecified atom stereocenters. The number of aliphatic hydroxyl groups is 1. The van der Waals surface area contributed by atoms with Gasteiger partial charge in [0.2, 0.25) is 0 Å². The SMILES string of the molecule is O=C(c1ccc2c(c1)CCCO2)N1CCOC[C@@](O)(CN2CCCC2)C1. The van der Waals surface area contributed by atoms with E-state index in [9.17, 15) is 9.90 Å². The maximum atomic E-state index is 13.1. The predicted octanol–water partition coefficient (Wildman–Crippen LogP) is 1.31. The van der Waals surface area contributed by atoms with E-state index in [4.69, 9.17) is 9.47 Å². The van der Waals surface area contributed by atoms with Crippen LogP contribution in [0.1, 0.15) is 35.2 Å². The fourth-order valence-electron chi connectivity index (χ4n) is 4.22. The number of amides is 1. The van der Waals surface area contributed by atoms with E-state index in [1.165, 1.54) is 12.8 Å². The van der Waals surface area contributed by atoms with E-state index < -0.39 is 5.60 Å². The number of β-amino-alcohol motifs (C(OH)–C–C–N with tert-alkyl or cyclic N) is 1. The minimum absolute atomic E-state index is 0.0382. The Bertz CT molecular complexity index is 659. The molecule has 0 radical (unpaired) electrons. The van der Waals surface area contributed by atoms with E-state index in [-0.39, 0.29) is 12.5 Å². The Morgan fingerprint density at radius 1 is 1.15 bits per heavy atom. The van der Waals surface area contributed by atoms with Gasteiger partial charge in [-0.3, -0.25) is 4.79 Å². The second-order valence-electron chi connectivity index (χ2n) is 7.76. The summed E-state index contributed by atoms with van der Waals surface area (Å²) < 4.78 is 11.3. The van der Waals surface area contributed by atoms with Crippen LogP contribution in [0.4, 0.5) is 0 Å². The normalized spacial score (nSPS) is 26.9. The lowest BCUT2D eigenvalue weighted by atomic mass is 10.0. The molecule has 0 saturated carbocycles. The van der Waals surface area contributed by atoms with E-state index in [1.807, 2.05) is 18.2 Å². The number of hydrogen-bond donors (Lipinski definition) is 1. The van der Waals surface area contributed by atoms with E-state index in [0.29, 0.717) is 31.8 Å². The summed E-state index contributed by atoms with van der Waals surface area (Å²) in [5.41, 5.74) is 0.758. The summed E-state index contributed by atoms with van der Waals surface area (Å²) in [6.45, 7) is 4.91. The zero-order valence-electron chi connectivity index (χ0n) is 15.3. The summed E-state index contributed by atoms with van der Waals surface area (Å²) in [7, 11) is 0. The van der Waals surface area contributed by atoms with Gasteiger partial charge in [-0.2, -0.15) is 0 Å². The highest BCUT2D eigenvalue weighted by Gasteiger charge is 2.37. The molecule has 3 aliphatic heterocycles. The van der Waals surface area contributed by atoms with Gasteiger partial charge in [0, 0.05) is 18.7 Å². The van der Waals surface area contributed by atoms with Crippen LogP contribution >= 0.6 is 0 Å². The lowest BCUT2D eigenvalue weighted by Crippen LogP contribution is -2.53. The average molecular weight is 360 g/mol. The molecule has 1 N–H and O–H groups in total. The fraction of sp³-hybridized carbons (Fsp3) is 0.650. The number of benzene rings is 1. The molecule has 6 heteroatoms. The number of carbonyl (C=O) groups excluding carboxylic acids is 1. The third-order valence-electron chi connectivity index (χ3n) is 5.52. The monoisotopic (exact) mass is 360 g/mol. The molecule has 6 nitrogen and oxygen atoms in total. The Balaban J connectivity index is 1.49. The van der Waals surface area contributed by atoms with E-state index in [1.54, 1.807) is 4.90 Å². The van der Waals surface area contributed by atoms with E-state index in [2.05, 4.69) is 4.90 Å². The minimum atomic E-state index is -1.01. The molecule has 3 aliphatic rings. The molecule has 2 saturated heterocycles. The largest absolute Gasteiger partial charge is 0.493 e. The molecule has 1 amide bonds. The third kappa shape index (κ3) is 3.87. The number of nitrogens with zero attached hydrogens (tertiary/aromatic N) is 2. The lowest BCUT2D eigenvalue weighted by Gasteiger charge is -2.34. The van der Waals surface area contributed by atoms with Crippen LogP contribution in [-0.2, 0) is 11.2 Å². The summed E-state index contributed by atoms with van der Waals surface area (Å²) in [4.78, 5) is 17.1. The molecule has 3 heterocycles. The van der Waals surface area contributed by atoms with Gasteiger partial charge in [0.05, 0.1) is 26.4 Å². The van der Waals surface area contributed by atoms with Gasteiger partial charge in [0.25, 0.3) is 5.91 Å². The fourth-order valence-corrected chi connectivity index (χ4v) is 4.22. The molecule has 0 aromatic heterocycles. The van der Waals surface area contributed by atoms with Crippen LogP contribution < -0.4 is 4.74 Å². The highest BCUT2D eigenvalue weighted by atomic mass is 16.5. The summed E-state index contributed by atoms with van der Waals surface area (Å²) in [6, 6.07) is 5.67. The number of aryl methyl sites for hydroxylation is 1. The third-order valence-corrected chi connectivity index (χ3v) is 5.52. The maximum Gasteiger partial charge on any atom is 0.254 e. The smallest absolute Gasteiger partial charge is 0.254 e. The number of carbonyl (C=O) groups is 1. The summed E-state index contributed by atoms with van der Waals surface area (Å²) >= 11 is 0. The summed E-state index contributed by atoms with van der Waals surface area (Å²) in [5, 5.41) is 11.1. The molecule has 0 bridgehead atoms. The first-order valence-electron chi connectivity index (χ1n) is 9.70.